The predicted molar refractivity (Wildman–Crippen MR) is 381 cm³/mol. The second-order valence-electron chi connectivity index (χ2n) is 28.5. The van der Waals surface area contributed by atoms with Crippen LogP contribution in [0.25, 0.3) is 0 Å². The third-order valence-corrected chi connectivity index (χ3v) is 19.3. The fourth-order valence-corrected chi connectivity index (χ4v) is 13.0. The lowest BCUT2D eigenvalue weighted by molar-refractivity contribution is -0.161. The number of aliphatic hydroxyl groups excluding tert-OH is 1. The van der Waals surface area contributed by atoms with Gasteiger partial charge in [0.15, 0.2) is 12.2 Å². The van der Waals surface area contributed by atoms with Gasteiger partial charge in [-0.3, -0.25) is 37.3 Å². The van der Waals surface area contributed by atoms with Gasteiger partial charge < -0.3 is 33.8 Å². The van der Waals surface area contributed by atoms with Gasteiger partial charge in [-0.1, -0.05) is 331 Å². The number of carbonyl (C=O) groups excluding carboxylic acids is 4. The van der Waals surface area contributed by atoms with E-state index >= 15 is 0 Å². The fourth-order valence-electron chi connectivity index (χ4n) is 11.4. The zero-order chi connectivity index (χ0) is 69.4. The lowest BCUT2D eigenvalue weighted by atomic mass is 10.0. The summed E-state index contributed by atoms with van der Waals surface area (Å²) in [6, 6.07) is 0. The first kappa shape index (κ1) is 92.1. The number of unbranched alkanes of at least 4 members (excludes halogenated alkanes) is 41. The van der Waals surface area contributed by atoms with Crippen LogP contribution in [0.4, 0.5) is 0 Å². The zero-order valence-corrected chi connectivity index (χ0v) is 63.2. The Morgan fingerprint density at radius 3 is 0.723 bits per heavy atom. The first-order chi connectivity index (χ1) is 45.2. The van der Waals surface area contributed by atoms with E-state index in [0.29, 0.717) is 31.6 Å². The fraction of sp³-hybridized carbons (Fsp3) is 0.947. The summed E-state index contributed by atoms with van der Waals surface area (Å²) in [6.07, 6.45) is 51.4. The van der Waals surface area contributed by atoms with Crippen LogP contribution >= 0.6 is 15.6 Å². The summed E-state index contributed by atoms with van der Waals surface area (Å²) in [4.78, 5) is 72.7. The van der Waals surface area contributed by atoms with Crippen molar-refractivity contribution in [2.24, 2.45) is 17.8 Å². The summed E-state index contributed by atoms with van der Waals surface area (Å²) < 4.78 is 68.4. The molecule has 0 aliphatic heterocycles. The highest BCUT2D eigenvalue weighted by molar-refractivity contribution is 7.47. The standard InChI is InChI=1S/C75H146O17P2/c1-8-9-10-11-12-13-28-35-42-49-56-72(77)85-63-71(92-75(80)59-52-45-38-31-34-41-48-55-68(6)7)65-90-94(83,84)88-61-69(76)60-87-93(81,82)89-64-70(62-86-73(78)57-50-43-36-29-24-21-17-19-23-27-33-40-47-54-67(4)5)91-74(79)58-51-44-37-30-25-20-16-14-15-18-22-26-32-39-46-53-66(2)3/h66-71,76H,8-65H2,1-7H3,(H,81,82)(H,83,84)/t69-,70-,71-/m1/s1. The molecule has 0 bridgehead atoms. The topological polar surface area (TPSA) is 237 Å². The molecule has 17 nitrogen and oxygen atoms in total. The van der Waals surface area contributed by atoms with Gasteiger partial charge in [0.25, 0.3) is 0 Å². The van der Waals surface area contributed by atoms with Crippen LogP contribution < -0.4 is 0 Å². The van der Waals surface area contributed by atoms with Gasteiger partial charge in [0.2, 0.25) is 0 Å². The number of hydrogen-bond acceptors (Lipinski definition) is 15. The van der Waals surface area contributed by atoms with Crippen molar-refractivity contribution in [2.45, 2.75) is 401 Å². The monoisotopic (exact) mass is 1380 g/mol. The second kappa shape index (κ2) is 65.7. The molecule has 0 amide bonds. The molecule has 0 saturated carbocycles. The van der Waals surface area contributed by atoms with Crippen LogP contribution in [0.15, 0.2) is 0 Å². The summed E-state index contributed by atoms with van der Waals surface area (Å²) in [5.41, 5.74) is 0. The van der Waals surface area contributed by atoms with Gasteiger partial charge in [-0.2, -0.15) is 0 Å². The molecule has 3 N–H and O–H groups in total. The van der Waals surface area contributed by atoms with Gasteiger partial charge in [0.05, 0.1) is 26.4 Å². The first-order valence-corrected chi connectivity index (χ1v) is 41.8. The number of ether oxygens (including phenoxy) is 4. The van der Waals surface area contributed by atoms with E-state index in [9.17, 15) is 43.2 Å². The average Bonchev–Trinajstić information content (AvgIpc) is 1.25. The van der Waals surface area contributed by atoms with Gasteiger partial charge in [-0.15, -0.1) is 0 Å². The van der Waals surface area contributed by atoms with E-state index in [-0.39, 0.29) is 25.7 Å². The van der Waals surface area contributed by atoms with Crippen LogP contribution in [-0.2, 0) is 65.4 Å². The van der Waals surface area contributed by atoms with E-state index < -0.39 is 97.5 Å². The maximum absolute atomic E-state index is 13.1. The molecular weight excluding hydrogens is 1230 g/mol. The molecule has 0 aliphatic rings. The number of aliphatic hydroxyl groups is 1. The van der Waals surface area contributed by atoms with Gasteiger partial charge >= 0.3 is 39.5 Å². The highest BCUT2D eigenvalue weighted by Crippen LogP contribution is 2.45. The van der Waals surface area contributed by atoms with Crippen LogP contribution in [0.3, 0.4) is 0 Å². The summed E-state index contributed by atoms with van der Waals surface area (Å²) in [5, 5.41) is 10.6. The number of carbonyl (C=O) groups is 4. The first-order valence-electron chi connectivity index (χ1n) is 38.8. The molecule has 0 spiro atoms. The molecule has 0 aromatic rings. The molecular formula is C75H146O17P2. The Morgan fingerprint density at radius 1 is 0.287 bits per heavy atom. The smallest absolute Gasteiger partial charge is 0.462 e. The maximum atomic E-state index is 13.1. The number of rotatable bonds is 73. The van der Waals surface area contributed by atoms with Crippen LogP contribution in [-0.4, -0.2) is 96.7 Å². The van der Waals surface area contributed by atoms with E-state index in [1.54, 1.807) is 0 Å². The van der Waals surface area contributed by atoms with Crippen molar-refractivity contribution >= 4 is 39.5 Å². The Morgan fingerprint density at radius 2 is 0.489 bits per heavy atom. The van der Waals surface area contributed by atoms with Crippen LogP contribution in [0, 0.1) is 17.8 Å². The lowest BCUT2D eigenvalue weighted by Gasteiger charge is -2.21. The molecule has 2 unspecified atom stereocenters. The van der Waals surface area contributed by atoms with Gasteiger partial charge in [-0.05, 0) is 43.4 Å². The van der Waals surface area contributed by atoms with Crippen molar-refractivity contribution in [1.29, 1.82) is 0 Å². The van der Waals surface area contributed by atoms with Crippen molar-refractivity contribution in [3.05, 3.63) is 0 Å². The molecule has 0 rings (SSSR count). The minimum Gasteiger partial charge on any atom is -0.462 e. The molecule has 94 heavy (non-hydrogen) atoms. The molecule has 19 heteroatoms. The van der Waals surface area contributed by atoms with Gasteiger partial charge in [-0.25, -0.2) is 9.13 Å². The van der Waals surface area contributed by atoms with E-state index in [2.05, 4.69) is 48.5 Å². The van der Waals surface area contributed by atoms with Crippen molar-refractivity contribution in [1.82, 2.24) is 0 Å². The van der Waals surface area contributed by atoms with Crippen molar-refractivity contribution in [2.75, 3.05) is 39.6 Å². The molecule has 0 saturated heterocycles. The maximum Gasteiger partial charge on any atom is 0.472 e. The quantitative estimate of drug-likeness (QED) is 0.0222. The van der Waals surface area contributed by atoms with E-state index in [4.69, 9.17) is 37.0 Å². The third kappa shape index (κ3) is 68.6. The Bertz CT molecular complexity index is 1840. The summed E-state index contributed by atoms with van der Waals surface area (Å²) in [5.74, 6) is 0.168. The Labute approximate surface area is 575 Å². The molecule has 0 aromatic carbocycles. The highest BCUT2D eigenvalue weighted by atomic mass is 31.2. The molecule has 5 atom stereocenters. The summed E-state index contributed by atoms with van der Waals surface area (Å²) >= 11 is 0. The second-order valence-corrected chi connectivity index (χ2v) is 31.4. The molecule has 0 radical (unpaired) electrons. The molecule has 558 valence electrons. The Balaban J connectivity index is 5.22. The Hall–Kier alpha value is -1.94. The van der Waals surface area contributed by atoms with E-state index in [0.717, 1.165) is 102 Å². The van der Waals surface area contributed by atoms with Crippen LogP contribution in [0.5, 0.6) is 0 Å². The normalized spacial score (nSPS) is 14.1. The Kier molecular flexibility index (Phi) is 64.3. The average molecular weight is 1380 g/mol. The molecule has 0 heterocycles. The largest absolute Gasteiger partial charge is 0.472 e. The van der Waals surface area contributed by atoms with Gasteiger partial charge in [0, 0.05) is 25.7 Å². The van der Waals surface area contributed by atoms with Gasteiger partial charge in [0.1, 0.15) is 19.3 Å². The predicted octanol–water partition coefficient (Wildman–Crippen LogP) is 21.8. The minimum absolute atomic E-state index is 0.103. The van der Waals surface area contributed by atoms with Crippen LogP contribution in [0.1, 0.15) is 382 Å². The highest BCUT2D eigenvalue weighted by Gasteiger charge is 2.30. The number of hydrogen-bond donors (Lipinski definition) is 3. The number of phosphoric ester groups is 2. The summed E-state index contributed by atoms with van der Waals surface area (Å²) in [6.45, 7) is 11.9. The van der Waals surface area contributed by atoms with Crippen LogP contribution in [0.2, 0.25) is 0 Å². The van der Waals surface area contributed by atoms with Crippen molar-refractivity contribution < 1.29 is 80.2 Å². The third-order valence-electron chi connectivity index (χ3n) is 17.4. The zero-order valence-electron chi connectivity index (χ0n) is 61.4. The minimum atomic E-state index is -4.96. The van der Waals surface area contributed by atoms with E-state index in [1.807, 2.05) is 0 Å². The summed E-state index contributed by atoms with van der Waals surface area (Å²) in [7, 11) is -9.91. The number of esters is 4. The lowest BCUT2D eigenvalue weighted by Crippen LogP contribution is -2.30. The molecule has 0 aliphatic carbocycles. The molecule has 0 aromatic heterocycles. The van der Waals surface area contributed by atoms with Crippen molar-refractivity contribution in [3.63, 3.8) is 0 Å². The SMILES string of the molecule is CCCCCCCCCCCCC(=O)OC[C@H](COP(=O)(O)OC[C@H](O)COP(=O)(O)OC[C@@H](COC(=O)CCCCCCCCCCCCCCCC(C)C)OC(=O)CCCCCCCCCCCCCCCCCC(C)C)OC(=O)CCCCCCCCCC(C)C. The molecule has 0 fully saturated rings. The van der Waals surface area contributed by atoms with Crippen molar-refractivity contribution in [3.8, 4) is 0 Å². The number of phosphoric acid groups is 2. The van der Waals surface area contributed by atoms with E-state index in [1.165, 1.54) is 193 Å².